The second-order valence-corrected chi connectivity index (χ2v) is 5.44. The Morgan fingerprint density at radius 2 is 1.36 bits per heavy atom. The minimum atomic E-state index is -0.213. The Labute approximate surface area is 145 Å². The molecule has 2 N–H and O–H groups in total. The Morgan fingerprint density at radius 1 is 0.760 bits per heavy atom. The fraction of sp³-hybridized carbons (Fsp3) is 0.0500. The molecule has 124 valence electrons. The molecule has 0 aliphatic rings. The van der Waals surface area contributed by atoms with Gasteiger partial charge in [-0.2, -0.15) is 0 Å². The van der Waals surface area contributed by atoms with E-state index in [4.69, 9.17) is 0 Å². The van der Waals surface area contributed by atoms with Crippen molar-refractivity contribution in [1.29, 1.82) is 0 Å². The minimum Gasteiger partial charge on any atom is -0.348 e. The molecular weight excluding hydrogens is 314 g/mol. The van der Waals surface area contributed by atoms with Gasteiger partial charge in [-0.25, -0.2) is 0 Å². The number of anilines is 1. The number of aromatic nitrogens is 1. The summed E-state index contributed by atoms with van der Waals surface area (Å²) in [4.78, 5) is 28.3. The lowest BCUT2D eigenvalue weighted by Crippen LogP contribution is -2.23. The van der Waals surface area contributed by atoms with Crippen molar-refractivity contribution in [2.45, 2.75) is 6.54 Å². The number of amides is 2. The van der Waals surface area contributed by atoms with Gasteiger partial charge in [0.25, 0.3) is 11.8 Å². The van der Waals surface area contributed by atoms with Crippen LogP contribution in [0.4, 0.5) is 5.69 Å². The Morgan fingerprint density at radius 3 is 2.00 bits per heavy atom. The summed E-state index contributed by atoms with van der Waals surface area (Å²) >= 11 is 0. The fourth-order valence-electron chi connectivity index (χ4n) is 2.28. The molecule has 0 aliphatic carbocycles. The number of hydrogen-bond acceptors (Lipinski definition) is 3. The van der Waals surface area contributed by atoms with Crippen LogP contribution in [0.25, 0.3) is 0 Å². The molecule has 3 rings (SSSR count). The van der Waals surface area contributed by atoms with Gasteiger partial charge in [0.05, 0.1) is 0 Å². The van der Waals surface area contributed by atoms with Crippen molar-refractivity contribution in [3.63, 3.8) is 0 Å². The summed E-state index contributed by atoms with van der Waals surface area (Å²) in [7, 11) is 0. The van der Waals surface area contributed by atoms with Crippen LogP contribution in [0.1, 0.15) is 26.3 Å². The fourth-order valence-corrected chi connectivity index (χ4v) is 2.28. The van der Waals surface area contributed by atoms with Crippen molar-refractivity contribution < 1.29 is 9.59 Å². The number of pyridine rings is 1. The number of carbonyl (C=O) groups excluding carboxylic acids is 2. The molecule has 0 radical (unpaired) electrons. The average molecular weight is 331 g/mol. The summed E-state index contributed by atoms with van der Waals surface area (Å²) in [6.45, 7) is 0.428. The van der Waals surface area contributed by atoms with E-state index in [0.717, 1.165) is 11.3 Å². The van der Waals surface area contributed by atoms with E-state index in [1.807, 2.05) is 42.5 Å². The molecule has 0 bridgehead atoms. The first-order valence-corrected chi connectivity index (χ1v) is 7.86. The number of hydrogen-bond donors (Lipinski definition) is 2. The largest absolute Gasteiger partial charge is 0.348 e. The molecule has 0 atom stereocenters. The maximum Gasteiger partial charge on any atom is 0.255 e. The zero-order chi connectivity index (χ0) is 17.5. The number of carbonyl (C=O) groups is 2. The third-order valence-corrected chi connectivity index (χ3v) is 3.64. The van der Waals surface area contributed by atoms with E-state index in [9.17, 15) is 9.59 Å². The van der Waals surface area contributed by atoms with Crippen LogP contribution in [0, 0.1) is 0 Å². The summed E-state index contributed by atoms with van der Waals surface area (Å²) in [6, 6.07) is 19.5. The second kappa shape index (κ2) is 7.88. The van der Waals surface area contributed by atoms with Crippen LogP contribution in [-0.2, 0) is 6.54 Å². The summed E-state index contributed by atoms with van der Waals surface area (Å²) in [6.07, 6.45) is 3.36. The molecule has 0 unspecified atom stereocenters. The smallest absolute Gasteiger partial charge is 0.255 e. The normalized spacial score (nSPS) is 10.1. The van der Waals surface area contributed by atoms with E-state index < -0.39 is 0 Å². The van der Waals surface area contributed by atoms with Gasteiger partial charge in [0, 0.05) is 35.8 Å². The highest BCUT2D eigenvalue weighted by molar-refractivity contribution is 6.05. The van der Waals surface area contributed by atoms with E-state index >= 15 is 0 Å². The molecule has 0 saturated heterocycles. The first-order valence-electron chi connectivity index (χ1n) is 7.86. The van der Waals surface area contributed by atoms with Gasteiger partial charge < -0.3 is 10.6 Å². The zero-order valence-corrected chi connectivity index (χ0v) is 13.5. The second-order valence-electron chi connectivity index (χ2n) is 5.44. The zero-order valence-electron chi connectivity index (χ0n) is 13.5. The lowest BCUT2D eigenvalue weighted by Gasteiger charge is -2.07. The highest BCUT2D eigenvalue weighted by Crippen LogP contribution is 2.10. The lowest BCUT2D eigenvalue weighted by molar-refractivity contribution is 0.0949. The third kappa shape index (κ3) is 4.51. The van der Waals surface area contributed by atoms with Gasteiger partial charge in [0.15, 0.2) is 0 Å². The molecule has 2 amide bonds. The molecule has 1 aromatic heterocycles. The third-order valence-electron chi connectivity index (χ3n) is 3.64. The van der Waals surface area contributed by atoms with E-state index in [0.29, 0.717) is 17.7 Å². The van der Waals surface area contributed by atoms with Gasteiger partial charge in [-0.15, -0.1) is 0 Å². The quantitative estimate of drug-likeness (QED) is 0.754. The van der Waals surface area contributed by atoms with Crippen LogP contribution in [0.3, 0.4) is 0 Å². The monoisotopic (exact) mass is 331 g/mol. The molecule has 2 aromatic carbocycles. The van der Waals surface area contributed by atoms with E-state index in [1.165, 1.54) is 0 Å². The standard InChI is InChI=1S/C20H17N3O2/c24-19(22-14-15-10-12-21-13-11-15)16-6-8-17(9-7-16)20(25)23-18-4-2-1-3-5-18/h1-13H,14H2,(H,22,24)(H,23,25). The minimum absolute atomic E-state index is 0.188. The van der Waals surface area contributed by atoms with E-state index in [1.54, 1.807) is 36.7 Å². The van der Waals surface area contributed by atoms with Gasteiger partial charge >= 0.3 is 0 Å². The highest BCUT2D eigenvalue weighted by atomic mass is 16.2. The molecule has 5 nitrogen and oxygen atoms in total. The van der Waals surface area contributed by atoms with Gasteiger partial charge in [-0.05, 0) is 54.1 Å². The molecule has 0 spiro atoms. The van der Waals surface area contributed by atoms with Crippen molar-refractivity contribution in [3.05, 3.63) is 95.8 Å². The van der Waals surface area contributed by atoms with Crippen molar-refractivity contribution in [2.75, 3.05) is 5.32 Å². The molecule has 5 heteroatoms. The highest BCUT2D eigenvalue weighted by Gasteiger charge is 2.09. The van der Waals surface area contributed by atoms with Gasteiger partial charge in [0.1, 0.15) is 0 Å². The van der Waals surface area contributed by atoms with Crippen LogP contribution < -0.4 is 10.6 Å². The van der Waals surface area contributed by atoms with Crippen LogP contribution in [0.5, 0.6) is 0 Å². The van der Waals surface area contributed by atoms with Crippen LogP contribution in [0.2, 0.25) is 0 Å². The van der Waals surface area contributed by atoms with Gasteiger partial charge in [-0.3, -0.25) is 14.6 Å². The van der Waals surface area contributed by atoms with Crippen molar-refractivity contribution in [2.24, 2.45) is 0 Å². The molecule has 0 fully saturated rings. The Balaban J connectivity index is 1.59. The van der Waals surface area contributed by atoms with E-state index in [2.05, 4.69) is 15.6 Å². The number of rotatable bonds is 5. The number of para-hydroxylation sites is 1. The van der Waals surface area contributed by atoms with E-state index in [-0.39, 0.29) is 11.8 Å². The number of nitrogens with zero attached hydrogens (tertiary/aromatic N) is 1. The summed E-state index contributed by atoms with van der Waals surface area (Å²) in [5.41, 5.74) is 2.70. The van der Waals surface area contributed by atoms with Gasteiger partial charge in [-0.1, -0.05) is 18.2 Å². The predicted octanol–water partition coefficient (Wildman–Crippen LogP) is 3.26. The number of benzene rings is 2. The molecule has 25 heavy (non-hydrogen) atoms. The predicted molar refractivity (Wildman–Crippen MR) is 96.2 cm³/mol. The molecular formula is C20H17N3O2. The van der Waals surface area contributed by atoms with Gasteiger partial charge in [0.2, 0.25) is 0 Å². The van der Waals surface area contributed by atoms with Crippen molar-refractivity contribution in [1.82, 2.24) is 10.3 Å². The van der Waals surface area contributed by atoms with Crippen LogP contribution in [0.15, 0.2) is 79.1 Å². The Bertz CT molecular complexity index is 847. The maximum absolute atomic E-state index is 12.2. The Hall–Kier alpha value is -3.47. The summed E-state index contributed by atoms with van der Waals surface area (Å²) < 4.78 is 0. The first-order chi connectivity index (χ1) is 12.2. The molecule has 0 saturated carbocycles. The molecule has 1 heterocycles. The number of nitrogens with one attached hydrogen (secondary N) is 2. The van der Waals surface area contributed by atoms with Crippen LogP contribution >= 0.6 is 0 Å². The molecule has 0 aliphatic heterocycles. The average Bonchev–Trinajstić information content (AvgIpc) is 2.68. The Kier molecular flexibility index (Phi) is 5.16. The summed E-state index contributed by atoms with van der Waals surface area (Å²) in [5, 5.41) is 5.64. The van der Waals surface area contributed by atoms with Crippen molar-refractivity contribution >= 4 is 17.5 Å². The lowest BCUT2D eigenvalue weighted by atomic mass is 10.1. The van der Waals surface area contributed by atoms with Crippen molar-refractivity contribution in [3.8, 4) is 0 Å². The topological polar surface area (TPSA) is 71.1 Å². The van der Waals surface area contributed by atoms with Crippen LogP contribution in [-0.4, -0.2) is 16.8 Å². The maximum atomic E-state index is 12.2. The first kappa shape index (κ1) is 16.4. The SMILES string of the molecule is O=C(NCc1ccncc1)c1ccc(C(=O)Nc2ccccc2)cc1. The summed E-state index contributed by atoms with van der Waals surface area (Å²) in [5.74, 6) is -0.401. The molecule has 3 aromatic rings.